The third-order valence-electron chi connectivity index (χ3n) is 3.99. The second-order valence-electron chi connectivity index (χ2n) is 5.79. The zero-order valence-electron chi connectivity index (χ0n) is 11.9. The number of carbonyl (C=O) groups excluding carboxylic acids is 1. The molecule has 0 aromatic carbocycles. The Kier molecular flexibility index (Phi) is 3.85. The van der Waals surface area contributed by atoms with Crippen LogP contribution >= 0.6 is 0 Å². The van der Waals surface area contributed by atoms with Crippen molar-refractivity contribution in [1.29, 1.82) is 0 Å². The van der Waals surface area contributed by atoms with E-state index in [0.717, 1.165) is 38.2 Å². The molecule has 20 heavy (non-hydrogen) atoms. The molecular weight excluding hydrogens is 254 g/mol. The van der Waals surface area contributed by atoms with E-state index in [-0.39, 0.29) is 6.10 Å². The van der Waals surface area contributed by atoms with Crippen LogP contribution in [0.3, 0.4) is 0 Å². The van der Waals surface area contributed by atoms with E-state index in [1.165, 1.54) is 12.8 Å². The number of piperidine rings is 1. The Hall–Kier alpha value is -1.65. The molecule has 0 spiro atoms. The minimum atomic E-state index is 0.161. The molecule has 2 aliphatic rings. The van der Waals surface area contributed by atoms with Crippen molar-refractivity contribution in [3.05, 3.63) is 18.1 Å². The molecule has 5 heteroatoms. The van der Waals surface area contributed by atoms with Crippen LogP contribution in [0.15, 0.2) is 12.3 Å². The van der Waals surface area contributed by atoms with Gasteiger partial charge in [-0.1, -0.05) is 0 Å². The van der Waals surface area contributed by atoms with E-state index in [1.807, 2.05) is 11.8 Å². The molecule has 1 aromatic rings. The van der Waals surface area contributed by atoms with E-state index >= 15 is 0 Å². The van der Waals surface area contributed by atoms with Crippen molar-refractivity contribution in [1.82, 2.24) is 14.9 Å². The molecule has 0 bridgehead atoms. The lowest BCUT2D eigenvalue weighted by molar-refractivity contribution is -0.133. The van der Waals surface area contributed by atoms with Gasteiger partial charge in [0.25, 0.3) is 0 Å². The molecule has 2 fully saturated rings. The average molecular weight is 275 g/mol. The van der Waals surface area contributed by atoms with Crippen LogP contribution in [0, 0.1) is 12.8 Å². The van der Waals surface area contributed by atoms with Gasteiger partial charge in [0, 0.05) is 44.6 Å². The van der Waals surface area contributed by atoms with Crippen molar-refractivity contribution in [3.63, 3.8) is 0 Å². The van der Waals surface area contributed by atoms with Gasteiger partial charge in [0.2, 0.25) is 11.8 Å². The molecule has 1 saturated carbocycles. The predicted molar refractivity (Wildman–Crippen MR) is 74.3 cm³/mol. The van der Waals surface area contributed by atoms with E-state index in [4.69, 9.17) is 4.74 Å². The number of amides is 1. The first-order valence-electron chi connectivity index (χ1n) is 7.45. The first-order chi connectivity index (χ1) is 9.70. The Bertz CT molecular complexity index is 480. The van der Waals surface area contributed by atoms with Crippen LogP contribution in [-0.4, -0.2) is 40.0 Å². The Labute approximate surface area is 119 Å². The summed E-state index contributed by atoms with van der Waals surface area (Å²) in [5, 5.41) is 0. The normalized spacial score (nSPS) is 19.9. The van der Waals surface area contributed by atoms with E-state index in [2.05, 4.69) is 9.97 Å². The smallest absolute Gasteiger partial charge is 0.222 e. The lowest BCUT2D eigenvalue weighted by Gasteiger charge is -2.32. The highest BCUT2D eigenvalue weighted by Crippen LogP contribution is 2.33. The fourth-order valence-corrected chi connectivity index (χ4v) is 2.59. The molecule has 0 atom stereocenters. The Morgan fingerprint density at radius 2 is 2.10 bits per heavy atom. The van der Waals surface area contributed by atoms with Crippen molar-refractivity contribution in [2.45, 2.75) is 45.1 Å². The van der Waals surface area contributed by atoms with Crippen LogP contribution in [0.1, 0.15) is 37.9 Å². The van der Waals surface area contributed by atoms with Crippen LogP contribution < -0.4 is 4.74 Å². The number of hydrogen-bond acceptors (Lipinski definition) is 4. The molecule has 1 amide bonds. The monoisotopic (exact) mass is 275 g/mol. The molecule has 108 valence electrons. The summed E-state index contributed by atoms with van der Waals surface area (Å²) >= 11 is 0. The standard InChI is InChI=1S/C15H21N3O2/c1-11-16-7-4-14(17-11)20-13-5-8-18(9-6-13)15(19)10-12-2-3-12/h4,7,12-13H,2-3,5-6,8-10H2,1H3. The molecule has 0 unspecified atom stereocenters. The number of aryl methyl sites for hydroxylation is 1. The van der Waals surface area contributed by atoms with Crippen LogP contribution in [0.5, 0.6) is 5.88 Å². The summed E-state index contributed by atoms with van der Waals surface area (Å²) in [6, 6.07) is 1.79. The quantitative estimate of drug-likeness (QED) is 0.843. The minimum absolute atomic E-state index is 0.161. The van der Waals surface area contributed by atoms with Crippen molar-refractivity contribution in [2.75, 3.05) is 13.1 Å². The molecule has 3 rings (SSSR count). The highest BCUT2D eigenvalue weighted by molar-refractivity contribution is 5.76. The fraction of sp³-hybridized carbons (Fsp3) is 0.667. The lowest BCUT2D eigenvalue weighted by Crippen LogP contribution is -2.41. The number of ether oxygens (including phenoxy) is 1. The fourth-order valence-electron chi connectivity index (χ4n) is 2.59. The van der Waals surface area contributed by atoms with Gasteiger partial charge in [-0.2, -0.15) is 4.98 Å². The largest absolute Gasteiger partial charge is 0.474 e. The van der Waals surface area contributed by atoms with E-state index in [1.54, 1.807) is 12.3 Å². The summed E-state index contributed by atoms with van der Waals surface area (Å²) in [4.78, 5) is 22.3. The maximum Gasteiger partial charge on any atom is 0.222 e. The van der Waals surface area contributed by atoms with Gasteiger partial charge in [-0.25, -0.2) is 4.98 Å². The van der Waals surface area contributed by atoms with Gasteiger partial charge in [0.1, 0.15) is 11.9 Å². The van der Waals surface area contributed by atoms with Gasteiger partial charge in [-0.15, -0.1) is 0 Å². The highest BCUT2D eigenvalue weighted by Gasteiger charge is 2.29. The Morgan fingerprint density at radius 3 is 2.75 bits per heavy atom. The molecule has 1 aliphatic carbocycles. The summed E-state index contributed by atoms with van der Waals surface area (Å²) in [6.45, 7) is 3.46. The van der Waals surface area contributed by atoms with Crippen molar-refractivity contribution in [2.24, 2.45) is 5.92 Å². The lowest BCUT2D eigenvalue weighted by atomic mass is 10.1. The topological polar surface area (TPSA) is 55.3 Å². The number of nitrogens with zero attached hydrogens (tertiary/aromatic N) is 3. The summed E-state index contributed by atoms with van der Waals surface area (Å²) in [5.41, 5.74) is 0. The van der Waals surface area contributed by atoms with E-state index in [9.17, 15) is 4.79 Å². The van der Waals surface area contributed by atoms with E-state index < -0.39 is 0 Å². The number of carbonyl (C=O) groups is 1. The van der Waals surface area contributed by atoms with Gasteiger partial charge >= 0.3 is 0 Å². The van der Waals surface area contributed by atoms with Crippen LogP contribution in [-0.2, 0) is 4.79 Å². The highest BCUT2D eigenvalue weighted by atomic mass is 16.5. The maximum absolute atomic E-state index is 12.0. The molecule has 1 aliphatic heterocycles. The van der Waals surface area contributed by atoms with Crippen LogP contribution in [0.4, 0.5) is 0 Å². The number of hydrogen-bond donors (Lipinski definition) is 0. The molecule has 0 N–H and O–H groups in total. The zero-order chi connectivity index (χ0) is 13.9. The Balaban J connectivity index is 1.47. The summed E-state index contributed by atoms with van der Waals surface area (Å²) in [6.07, 6.45) is 6.87. The van der Waals surface area contributed by atoms with Crippen molar-refractivity contribution < 1.29 is 9.53 Å². The summed E-state index contributed by atoms with van der Waals surface area (Å²) < 4.78 is 5.87. The molecule has 2 heterocycles. The van der Waals surface area contributed by atoms with Gasteiger partial charge in [-0.3, -0.25) is 4.79 Å². The van der Waals surface area contributed by atoms with E-state index in [0.29, 0.717) is 17.7 Å². The number of aromatic nitrogens is 2. The molecule has 0 radical (unpaired) electrons. The van der Waals surface area contributed by atoms with Crippen molar-refractivity contribution in [3.8, 4) is 5.88 Å². The van der Waals surface area contributed by atoms with Gasteiger partial charge in [0.05, 0.1) is 0 Å². The predicted octanol–water partition coefficient (Wildman–Crippen LogP) is 1.95. The number of rotatable bonds is 4. The molecule has 1 saturated heterocycles. The minimum Gasteiger partial charge on any atom is -0.474 e. The molecule has 5 nitrogen and oxygen atoms in total. The zero-order valence-corrected chi connectivity index (χ0v) is 11.9. The SMILES string of the molecule is Cc1nccc(OC2CCN(C(=O)CC3CC3)CC2)n1. The molecular formula is C15H21N3O2. The second-order valence-corrected chi connectivity index (χ2v) is 5.79. The van der Waals surface area contributed by atoms with Gasteiger partial charge in [-0.05, 0) is 25.7 Å². The van der Waals surface area contributed by atoms with Crippen molar-refractivity contribution >= 4 is 5.91 Å². The van der Waals surface area contributed by atoms with Crippen LogP contribution in [0.25, 0.3) is 0 Å². The Morgan fingerprint density at radius 1 is 1.35 bits per heavy atom. The van der Waals surface area contributed by atoms with Gasteiger partial charge in [0.15, 0.2) is 0 Å². The third kappa shape index (κ3) is 3.46. The third-order valence-corrected chi connectivity index (χ3v) is 3.99. The summed E-state index contributed by atoms with van der Waals surface area (Å²) in [5.74, 6) is 2.35. The summed E-state index contributed by atoms with van der Waals surface area (Å²) in [7, 11) is 0. The first-order valence-corrected chi connectivity index (χ1v) is 7.45. The molecule has 1 aromatic heterocycles. The van der Waals surface area contributed by atoms with Crippen LogP contribution in [0.2, 0.25) is 0 Å². The second kappa shape index (κ2) is 5.77. The number of likely N-dealkylation sites (tertiary alicyclic amines) is 1. The maximum atomic E-state index is 12.0. The average Bonchev–Trinajstić information content (AvgIpc) is 3.23. The first kappa shape index (κ1) is 13.3. The van der Waals surface area contributed by atoms with Gasteiger partial charge < -0.3 is 9.64 Å².